The topological polar surface area (TPSA) is 49.7 Å². The van der Waals surface area contributed by atoms with Gasteiger partial charge in [-0.05, 0) is 37.1 Å². The Kier molecular flexibility index (Phi) is 4.77. The third kappa shape index (κ3) is 3.45. The first-order chi connectivity index (χ1) is 13.4. The normalized spacial score (nSPS) is 16.9. The molecular formula is C23H22N2O2S. The third-order valence-corrected chi connectivity index (χ3v) is 6.70. The van der Waals surface area contributed by atoms with Gasteiger partial charge in [-0.15, -0.1) is 0 Å². The minimum absolute atomic E-state index is 0.251. The lowest BCUT2D eigenvalue weighted by Gasteiger charge is -2.23. The van der Waals surface area contributed by atoms with Gasteiger partial charge in [-0.3, -0.25) is 0 Å². The molecule has 3 aromatic rings. The Morgan fingerprint density at radius 3 is 2.00 bits per heavy atom. The number of sulfonamides is 1. The summed E-state index contributed by atoms with van der Waals surface area (Å²) < 4.78 is 27.9. The monoisotopic (exact) mass is 390 g/mol. The summed E-state index contributed by atoms with van der Waals surface area (Å²) in [7, 11) is -3.75. The van der Waals surface area contributed by atoms with Crippen LogP contribution in [0.1, 0.15) is 34.7 Å². The van der Waals surface area contributed by atoms with Gasteiger partial charge in [0.15, 0.2) is 0 Å². The number of aryl methyl sites for hydroxylation is 2. The van der Waals surface area contributed by atoms with Crippen LogP contribution in [-0.4, -0.2) is 18.5 Å². The molecule has 0 amide bonds. The van der Waals surface area contributed by atoms with Crippen LogP contribution in [0.3, 0.4) is 0 Å². The molecule has 0 aliphatic carbocycles. The van der Waals surface area contributed by atoms with E-state index in [1.807, 2.05) is 68.4 Å². The SMILES string of the molecule is Cc1ccc(C2=NN(S(=O)(=O)c3ccccc3)[C@H](c3ccc(C)cc3)C2)cc1. The van der Waals surface area contributed by atoms with Crippen molar-refractivity contribution >= 4 is 15.7 Å². The van der Waals surface area contributed by atoms with Gasteiger partial charge in [-0.2, -0.15) is 17.9 Å². The van der Waals surface area contributed by atoms with Crippen LogP contribution in [0.2, 0.25) is 0 Å². The quantitative estimate of drug-likeness (QED) is 0.640. The van der Waals surface area contributed by atoms with Crippen molar-refractivity contribution in [1.29, 1.82) is 0 Å². The van der Waals surface area contributed by atoms with E-state index in [0.29, 0.717) is 6.42 Å². The first-order valence-corrected chi connectivity index (χ1v) is 10.7. The number of hydrazone groups is 1. The maximum Gasteiger partial charge on any atom is 0.279 e. The average molecular weight is 391 g/mol. The molecule has 4 rings (SSSR count). The molecule has 5 heteroatoms. The van der Waals surface area contributed by atoms with Crippen LogP contribution in [-0.2, 0) is 10.0 Å². The third-order valence-electron chi connectivity index (χ3n) is 5.01. The van der Waals surface area contributed by atoms with Crippen molar-refractivity contribution in [2.45, 2.75) is 31.2 Å². The van der Waals surface area contributed by atoms with Crippen molar-refractivity contribution < 1.29 is 8.42 Å². The Bertz CT molecular complexity index is 1100. The number of benzene rings is 3. The van der Waals surface area contributed by atoms with E-state index >= 15 is 0 Å². The van der Waals surface area contributed by atoms with Gasteiger partial charge in [0.1, 0.15) is 0 Å². The summed E-state index contributed by atoms with van der Waals surface area (Å²) in [6, 6.07) is 24.2. The Labute approximate surface area is 166 Å². The van der Waals surface area contributed by atoms with E-state index in [0.717, 1.165) is 28.0 Å². The molecule has 1 atom stereocenters. The number of hydrogen-bond acceptors (Lipinski definition) is 3. The van der Waals surface area contributed by atoms with E-state index in [-0.39, 0.29) is 10.9 Å². The van der Waals surface area contributed by atoms with Crippen LogP contribution in [0.15, 0.2) is 88.9 Å². The van der Waals surface area contributed by atoms with Gasteiger partial charge in [0, 0.05) is 6.42 Å². The van der Waals surface area contributed by atoms with Gasteiger partial charge in [0.05, 0.1) is 16.6 Å². The first kappa shape index (κ1) is 18.4. The lowest BCUT2D eigenvalue weighted by atomic mass is 9.98. The summed E-state index contributed by atoms with van der Waals surface area (Å²) in [5.74, 6) is 0. The lowest BCUT2D eigenvalue weighted by molar-refractivity contribution is 0.371. The molecule has 0 radical (unpaired) electrons. The Balaban J connectivity index is 1.79. The fourth-order valence-corrected chi connectivity index (χ4v) is 4.82. The molecule has 0 aromatic heterocycles. The Morgan fingerprint density at radius 2 is 1.39 bits per heavy atom. The lowest BCUT2D eigenvalue weighted by Crippen LogP contribution is -2.27. The smallest absolute Gasteiger partial charge is 0.200 e. The number of nitrogens with zero attached hydrogens (tertiary/aromatic N) is 2. The summed E-state index contributed by atoms with van der Waals surface area (Å²) in [6.07, 6.45) is 0.540. The Hall–Kier alpha value is -2.92. The van der Waals surface area contributed by atoms with Crippen molar-refractivity contribution in [2.75, 3.05) is 0 Å². The molecule has 28 heavy (non-hydrogen) atoms. The number of rotatable bonds is 4. The summed E-state index contributed by atoms with van der Waals surface area (Å²) in [4.78, 5) is 0.251. The highest BCUT2D eigenvalue weighted by molar-refractivity contribution is 7.89. The van der Waals surface area contributed by atoms with E-state index in [4.69, 9.17) is 0 Å². The minimum atomic E-state index is -3.75. The second-order valence-corrected chi connectivity index (χ2v) is 8.93. The molecular weight excluding hydrogens is 368 g/mol. The van der Waals surface area contributed by atoms with Gasteiger partial charge in [-0.25, -0.2) is 0 Å². The van der Waals surface area contributed by atoms with E-state index in [1.165, 1.54) is 4.41 Å². The van der Waals surface area contributed by atoms with Gasteiger partial charge in [-0.1, -0.05) is 77.9 Å². The molecule has 4 nitrogen and oxygen atoms in total. The van der Waals surface area contributed by atoms with Crippen molar-refractivity contribution in [3.63, 3.8) is 0 Å². The second-order valence-electron chi connectivity index (χ2n) is 7.13. The standard InChI is InChI=1S/C23H22N2O2S/c1-17-8-12-19(13-9-17)22-16-23(20-14-10-18(2)11-15-20)25(24-22)28(26,27)21-6-4-3-5-7-21/h3-15,23H,16H2,1-2H3/t23-/m0/s1. The highest BCUT2D eigenvalue weighted by Crippen LogP contribution is 2.37. The zero-order valence-electron chi connectivity index (χ0n) is 15.9. The molecule has 0 saturated carbocycles. The predicted octanol–water partition coefficient (Wildman–Crippen LogP) is 4.84. The maximum absolute atomic E-state index is 13.3. The van der Waals surface area contributed by atoms with E-state index < -0.39 is 10.0 Å². The zero-order valence-corrected chi connectivity index (χ0v) is 16.7. The van der Waals surface area contributed by atoms with Crippen LogP contribution < -0.4 is 0 Å². The second kappa shape index (κ2) is 7.24. The molecule has 1 aliphatic heterocycles. The fourth-order valence-electron chi connectivity index (χ4n) is 3.37. The van der Waals surface area contributed by atoms with Gasteiger partial charge < -0.3 is 0 Å². The van der Waals surface area contributed by atoms with Crippen molar-refractivity contribution in [1.82, 2.24) is 4.41 Å². The minimum Gasteiger partial charge on any atom is -0.200 e. The van der Waals surface area contributed by atoms with Gasteiger partial charge in [0.2, 0.25) is 0 Å². The molecule has 0 N–H and O–H groups in total. The Morgan fingerprint density at radius 1 is 0.821 bits per heavy atom. The predicted molar refractivity (Wildman–Crippen MR) is 112 cm³/mol. The molecule has 0 unspecified atom stereocenters. The van der Waals surface area contributed by atoms with Crippen LogP contribution in [0, 0.1) is 13.8 Å². The van der Waals surface area contributed by atoms with E-state index in [2.05, 4.69) is 5.10 Å². The van der Waals surface area contributed by atoms with Crippen molar-refractivity contribution in [3.05, 3.63) is 101 Å². The zero-order chi connectivity index (χ0) is 19.7. The van der Waals surface area contributed by atoms with Gasteiger partial charge >= 0.3 is 0 Å². The van der Waals surface area contributed by atoms with Crippen molar-refractivity contribution in [2.24, 2.45) is 5.10 Å². The summed E-state index contributed by atoms with van der Waals surface area (Å²) >= 11 is 0. The molecule has 1 heterocycles. The molecule has 1 aliphatic rings. The molecule has 0 bridgehead atoms. The van der Waals surface area contributed by atoms with Crippen LogP contribution in [0.4, 0.5) is 0 Å². The van der Waals surface area contributed by atoms with Crippen LogP contribution in [0.5, 0.6) is 0 Å². The van der Waals surface area contributed by atoms with Gasteiger partial charge in [0.25, 0.3) is 10.0 Å². The largest absolute Gasteiger partial charge is 0.279 e. The maximum atomic E-state index is 13.3. The molecule has 0 saturated heterocycles. The van der Waals surface area contributed by atoms with E-state index in [9.17, 15) is 8.42 Å². The van der Waals surface area contributed by atoms with E-state index in [1.54, 1.807) is 24.3 Å². The van der Waals surface area contributed by atoms with Crippen molar-refractivity contribution in [3.8, 4) is 0 Å². The van der Waals surface area contributed by atoms with Crippen LogP contribution in [0.25, 0.3) is 0 Å². The summed E-state index contributed by atoms with van der Waals surface area (Å²) in [6.45, 7) is 4.05. The molecule has 0 fully saturated rings. The molecule has 142 valence electrons. The first-order valence-electron chi connectivity index (χ1n) is 9.26. The highest BCUT2D eigenvalue weighted by atomic mass is 32.2. The summed E-state index contributed by atoms with van der Waals surface area (Å²) in [5.41, 5.74) is 4.97. The fraction of sp³-hybridized carbons (Fsp3) is 0.174. The highest BCUT2D eigenvalue weighted by Gasteiger charge is 2.37. The number of hydrogen-bond donors (Lipinski definition) is 0. The van der Waals surface area contributed by atoms with Crippen LogP contribution >= 0.6 is 0 Å². The summed E-state index contributed by atoms with van der Waals surface area (Å²) in [5, 5.41) is 4.58. The molecule has 0 spiro atoms. The molecule has 3 aromatic carbocycles. The average Bonchev–Trinajstić information content (AvgIpc) is 3.16.